The van der Waals surface area contributed by atoms with Crippen LogP contribution < -0.4 is 21.6 Å². The third kappa shape index (κ3) is 6.37. The molecule has 4 N–H and O–H groups in total. The molecule has 0 atom stereocenters. The number of nitrogens with zero attached hydrogens (tertiary/aromatic N) is 1. The highest BCUT2D eigenvalue weighted by Gasteiger charge is 2.10. The highest BCUT2D eigenvalue weighted by molar-refractivity contribution is 7.80. The predicted molar refractivity (Wildman–Crippen MR) is 75.2 cm³/mol. The molecule has 0 aromatic rings. The summed E-state index contributed by atoms with van der Waals surface area (Å²) in [5, 5.41) is 5.83. The number of nitrogens with one attached hydrogen (secondary N) is 4. The molecule has 0 radical (unpaired) electrons. The van der Waals surface area contributed by atoms with Gasteiger partial charge in [0, 0.05) is 19.6 Å². The molecule has 96 valence electrons. The summed E-state index contributed by atoms with van der Waals surface area (Å²) < 4.78 is 5.22. The van der Waals surface area contributed by atoms with Crippen molar-refractivity contribution in [2.75, 3.05) is 32.8 Å². The predicted octanol–water partition coefficient (Wildman–Crippen LogP) is -0.737. The molecule has 1 rings (SSSR count). The molecular formula is C9H17N5OS2. The highest BCUT2D eigenvalue weighted by atomic mass is 32.1. The highest BCUT2D eigenvalue weighted by Crippen LogP contribution is 1.91. The van der Waals surface area contributed by atoms with Crippen molar-refractivity contribution in [2.24, 2.45) is 0 Å². The van der Waals surface area contributed by atoms with Crippen LogP contribution in [0.2, 0.25) is 0 Å². The minimum Gasteiger partial charge on any atom is -0.379 e. The average Bonchev–Trinajstić information content (AvgIpc) is 2.35. The van der Waals surface area contributed by atoms with Crippen molar-refractivity contribution in [2.45, 2.75) is 0 Å². The number of hydrogen-bond donors (Lipinski definition) is 4. The molecule has 1 saturated heterocycles. The zero-order valence-electron chi connectivity index (χ0n) is 9.49. The number of hydrogen-bond acceptors (Lipinski definition) is 4. The van der Waals surface area contributed by atoms with E-state index < -0.39 is 0 Å². The van der Waals surface area contributed by atoms with Crippen LogP contribution in [0.5, 0.6) is 0 Å². The van der Waals surface area contributed by atoms with Gasteiger partial charge in [-0.3, -0.25) is 16.3 Å². The molecule has 0 unspecified atom stereocenters. The fourth-order valence-electron chi connectivity index (χ4n) is 1.17. The van der Waals surface area contributed by atoms with Crippen LogP contribution in [0.25, 0.3) is 0 Å². The fourth-order valence-corrected chi connectivity index (χ4v) is 1.48. The Balaban J connectivity index is 2.11. The van der Waals surface area contributed by atoms with Crippen molar-refractivity contribution >= 4 is 34.7 Å². The van der Waals surface area contributed by atoms with Gasteiger partial charge in [0.25, 0.3) is 0 Å². The number of morpholine rings is 1. The molecule has 0 aromatic carbocycles. The molecule has 0 amide bonds. The smallest absolute Gasteiger partial charge is 0.199 e. The Morgan fingerprint density at radius 1 is 1.24 bits per heavy atom. The number of thiocarbonyl (C=S) groups is 2. The van der Waals surface area contributed by atoms with E-state index in [1.165, 1.54) is 0 Å². The second kappa shape index (κ2) is 8.18. The molecule has 17 heavy (non-hydrogen) atoms. The van der Waals surface area contributed by atoms with E-state index in [-0.39, 0.29) is 0 Å². The zero-order valence-corrected chi connectivity index (χ0v) is 11.1. The first-order valence-corrected chi connectivity index (χ1v) is 6.08. The normalized spacial score (nSPS) is 15.8. The SMILES string of the molecule is C=CCNC(=S)NNC(=S)NN1CCOCC1. The largest absolute Gasteiger partial charge is 0.379 e. The van der Waals surface area contributed by atoms with E-state index in [2.05, 4.69) is 28.2 Å². The van der Waals surface area contributed by atoms with Gasteiger partial charge in [0.2, 0.25) is 0 Å². The summed E-state index contributed by atoms with van der Waals surface area (Å²) in [6.07, 6.45) is 1.72. The van der Waals surface area contributed by atoms with Crippen molar-refractivity contribution in [3.63, 3.8) is 0 Å². The first-order valence-electron chi connectivity index (χ1n) is 5.26. The minimum absolute atomic E-state index is 0.467. The Labute approximate surface area is 112 Å². The van der Waals surface area contributed by atoms with Crippen LogP contribution in [0.1, 0.15) is 0 Å². The van der Waals surface area contributed by atoms with Gasteiger partial charge in [-0.2, -0.15) is 0 Å². The lowest BCUT2D eigenvalue weighted by Gasteiger charge is -2.28. The molecule has 1 fully saturated rings. The average molecular weight is 275 g/mol. The van der Waals surface area contributed by atoms with Gasteiger partial charge >= 0.3 is 0 Å². The van der Waals surface area contributed by atoms with Gasteiger partial charge in [0.05, 0.1) is 13.2 Å². The van der Waals surface area contributed by atoms with Crippen molar-refractivity contribution in [1.29, 1.82) is 0 Å². The second-order valence-electron chi connectivity index (χ2n) is 3.29. The van der Waals surface area contributed by atoms with E-state index >= 15 is 0 Å². The zero-order chi connectivity index (χ0) is 12.5. The molecule has 1 heterocycles. The summed E-state index contributed by atoms with van der Waals surface area (Å²) in [6.45, 7) is 7.22. The van der Waals surface area contributed by atoms with Crippen molar-refractivity contribution in [3.05, 3.63) is 12.7 Å². The van der Waals surface area contributed by atoms with Gasteiger partial charge in [-0.25, -0.2) is 5.01 Å². The third-order valence-corrected chi connectivity index (χ3v) is 2.41. The van der Waals surface area contributed by atoms with Crippen LogP contribution in [0.4, 0.5) is 0 Å². The molecule has 0 bridgehead atoms. The topological polar surface area (TPSA) is 60.6 Å². The van der Waals surface area contributed by atoms with Crippen LogP contribution in [0, 0.1) is 0 Å². The summed E-state index contributed by atoms with van der Waals surface area (Å²) in [5.74, 6) is 0. The molecule has 1 aliphatic rings. The van der Waals surface area contributed by atoms with Gasteiger partial charge < -0.3 is 10.1 Å². The van der Waals surface area contributed by atoms with E-state index in [1.807, 2.05) is 5.01 Å². The standard InChI is InChI=1S/C9H17N5OS2/c1-2-3-10-8(16)11-12-9(17)13-14-4-6-15-7-5-14/h2H,1,3-7H2,(H2,10,11,16)(H2,12,13,17). The molecule has 1 aliphatic heterocycles. The maximum absolute atomic E-state index is 5.22. The lowest BCUT2D eigenvalue weighted by atomic mass is 10.5. The van der Waals surface area contributed by atoms with E-state index in [0.29, 0.717) is 30.0 Å². The fraction of sp³-hybridized carbons (Fsp3) is 0.556. The summed E-state index contributed by atoms with van der Waals surface area (Å²) in [5.41, 5.74) is 8.59. The Hall–Kier alpha value is -0.960. The van der Waals surface area contributed by atoms with E-state index in [0.717, 1.165) is 13.1 Å². The van der Waals surface area contributed by atoms with E-state index in [9.17, 15) is 0 Å². The summed E-state index contributed by atoms with van der Waals surface area (Å²) in [7, 11) is 0. The Bertz CT molecular complexity index is 281. The molecular weight excluding hydrogens is 258 g/mol. The first-order chi connectivity index (χ1) is 8.22. The Morgan fingerprint density at radius 2 is 1.88 bits per heavy atom. The maximum Gasteiger partial charge on any atom is 0.199 e. The van der Waals surface area contributed by atoms with Crippen LogP contribution in [-0.4, -0.2) is 48.1 Å². The van der Waals surface area contributed by atoms with Crippen molar-refractivity contribution in [1.82, 2.24) is 26.6 Å². The quantitative estimate of drug-likeness (QED) is 0.305. The Morgan fingerprint density at radius 3 is 2.53 bits per heavy atom. The van der Waals surface area contributed by atoms with Crippen molar-refractivity contribution < 1.29 is 4.74 Å². The third-order valence-electron chi connectivity index (χ3n) is 1.97. The van der Waals surface area contributed by atoms with Gasteiger partial charge in [0.15, 0.2) is 10.2 Å². The van der Waals surface area contributed by atoms with Crippen LogP contribution >= 0.6 is 24.4 Å². The van der Waals surface area contributed by atoms with Gasteiger partial charge in [-0.1, -0.05) is 6.08 Å². The van der Waals surface area contributed by atoms with Crippen LogP contribution in [0.15, 0.2) is 12.7 Å². The lowest BCUT2D eigenvalue weighted by molar-refractivity contribution is 0.0246. The van der Waals surface area contributed by atoms with Gasteiger partial charge in [0.1, 0.15) is 0 Å². The lowest BCUT2D eigenvalue weighted by Crippen LogP contribution is -2.56. The second-order valence-corrected chi connectivity index (χ2v) is 4.11. The minimum atomic E-state index is 0.467. The first kappa shape index (κ1) is 14.1. The molecule has 0 saturated carbocycles. The number of ether oxygens (including phenoxy) is 1. The van der Waals surface area contributed by atoms with Crippen molar-refractivity contribution in [3.8, 4) is 0 Å². The number of hydrazine groups is 2. The van der Waals surface area contributed by atoms with E-state index in [4.69, 9.17) is 29.2 Å². The van der Waals surface area contributed by atoms with Crippen LogP contribution in [0.3, 0.4) is 0 Å². The monoisotopic (exact) mass is 275 g/mol. The molecule has 6 nitrogen and oxygen atoms in total. The Kier molecular flexibility index (Phi) is 6.78. The van der Waals surface area contributed by atoms with Gasteiger partial charge in [-0.15, -0.1) is 6.58 Å². The maximum atomic E-state index is 5.22. The summed E-state index contributed by atoms with van der Waals surface area (Å²) in [4.78, 5) is 0. The molecule has 8 heteroatoms. The van der Waals surface area contributed by atoms with Gasteiger partial charge in [-0.05, 0) is 24.4 Å². The molecule has 0 aromatic heterocycles. The number of rotatable bonds is 3. The van der Waals surface area contributed by atoms with E-state index in [1.54, 1.807) is 6.08 Å². The van der Waals surface area contributed by atoms with Crippen LogP contribution in [-0.2, 0) is 4.74 Å². The molecule has 0 spiro atoms. The summed E-state index contributed by atoms with van der Waals surface area (Å²) in [6, 6.07) is 0. The molecule has 0 aliphatic carbocycles. The summed E-state index contributed by atoms with van der Waals surface area (Å²) >= 11 is 10.1.